The standard InChI is InChI=1S/C17H19ClFNO/c1-11(8-14-4-6-15(19)7-5-14)20-12(2)9-16(13(20)3)17(21)10-18/h4-7,9,11H,8,10H2,1-3H3. The highest BCUT2D eigenvalue weighted by Crippen LogP contribution is 2.24. The predicted molar refractivity (Wildman–Crippen MR) is 83.8 cm³/mol. The lowest BCUT2D eigenvalue weighted by Gasteiger charge is -2.19. The quantitative estimate of drug-likeness (QED) is 0.590. The van der Waals surface area contributed by atoms with Crippen molar-refractivity contribution < 1.29 is 9.18 Å². The van der Waals surface area contributed by atoms with Crippen molar-refractivity contribution in [2.45, 2.75) is 33.2 Å². The minimum absolute atomic E-state index is 0.00334. The molecular weight excluding hydrogens is 289 g/mol. The summed E-state index contributed by atoms with van der Waals surface area (Å²) in [6.45, 7) is 6.02. The minimum Gasteiger partial charge on any atom is -0.345 e. The summed E-state index contributed by atoms with van der Waals surface area (Å²) < 4.78 is 15.1. The molecule has 1 unspecified atom stereocenters. The Morgan fingerprint density at radius 3 is 2.48 bits per heavy atom. The van der Waals surface area contributed by atoms with E-state index >= 15 is 0 Å². The van der Waals surface area contributed by atoms with Crippen LogP contribution in [0.15, 0.2) is 30.3 Å². The van der Waals surface area contributed by atoms with Crippen LogP contribution >= 0.6 is 11.6 Å². The van der Waals surface area contributed by atoms with Gasteiger partial charge in [-0.3, -0.25) is 4.79 Å². The van der Waals surface area contributed by atoms with E-state index in [1.54, 1.807) is 12.1 Å². The summed E-state index contributed by atoms with van der Waals surface area (Å²) in [5.41, 5.74) is 3.73. The topological polar surface area (TPSA) is 22.0 Å². The molecule has 0 amide bonds. The van der Waals surface area contributed by atoms with Crippen molar-refractivity contribution in [1.82, 2.24) is 4.57 Å². The predicted octanol–water partition coefficient (Wildman–Crippen LogP) is 4.47. The van der Waals surface area contributed by atoms with Crippen LogP contribution in [0.1, 0.15) is 40.3 Å². The van der Waals surface area contributed by atoms with Crippen LogP contribution in [0, 0.1) is 19.7 Å². The molecule has 0 aliphatic rings. The molecule has 1 heterocycles. The van der Waals surface area contributed by atoms with Gasteiger partial charge in [0.2, 0.25) is 0 Å². The van der Waals surface area contributed by atoms with Crippen LogP contribution in [-0.2, 0) is 6.42 Å². The zero-order chi connectivity index (χ0) is 15.6. The molecule has 0 radical (unpaired) electrons. The molecule has 0 saturated carbocycles. The molecule has 0 fully saturated rings. The number of hydrogen-bond acceptors (Lipinski definition) is 1. The maximum Gasteiger partial charge on any atom is 0.179 e. The molecule has 4 heteroatoms. The first-order valence-corrected chi connectivity index (χ1v) is 7.49. The number of benzene rings is 1. The Bertz CT molecular complexity index is 646. The average Bonchev–Trinajstić information content (AvgIpc) is 2.75. The highest BCUT2D eigenvalue weighted by Gasteiger charge is 2.18. The summed E-state index contributed by atoms with van der Waals surface area (Å²) in [5, 5.41) is 0. The fraction of sp³-hybridized carbons (Fsp3) is 0.353. The van der Waals surface area contributed by atoms with Gasteiger partial charge in [-0.25, -0.2) is 4.39 Å². The number of aryl methyl sites for hydroxylation is 1. The molecule has 0 N–H and O–H groups in total. The van der Waals surface area contributed by atoms with Crippen molar-refractivity contribution in [2.75, 3.05) is 5.88 Å². The molecule has 112 valence electrons. The molecule has 1 aromatic heterocycles. The monoisotopic (exact) mass is 307 g/mol. The van der Waals surface area contributed by atoms with Crippen LogP contribution in [0.3, 0.4) is 0 Å². The van der Waals surface area contributed by atoms with Gasteiger partial charge in [0.25, 0.3) is 0 Å². The van der Waals surface area contributed by atoms with Gasteiger partial charge >= 0.3 is 0 Å². The summed E-state index contributed by atoms with van der Waals surface area (Å²) in [5.74, 6) is -0.281. The zero-order valence-electron chi connectivity index (χ0n) is 12.5. The second-order valence-corrected chi connectivity index (χ2v) is 5.66. The molecule has 2 nitrogen and oxygen atoms in total. The molecule has 0 bridgehead atoms. The number of ketones is 1. The first kappa shape index (κ1) is 15.8. The highest BCUT2D eigenvalue weighted by atomic mass is 35.5. The van der Waals surface area contributed by atoms with Crippen LogP contribution in [0.2, 0.25) is 0 Å². The molecule has 0 aliphatic carbocycles. The van der Waals surface area contributed by atoms with Crippen LogP contribution in [0.5, 0.6) is 0 Å². The third-order valence-electron chi connectivity index (χ3n) is 3.79. The third kappa shape index (κ3) is 3.35. The SMILES string of the molecule is Cc1cc(C(=O)CCl)c(C)n1C(C)Cc1ccc(F)cc1. The van der Waals surface area contributed by atoms with Gasteiger partial charge in [0, 0.05) is 23.0 Å². The fourth-order valence-electron chi connectivity index (χ4n) is 2.86. The van der Waals surface area contributed by atoms with Crippen molar-refractivity contribution in [3.05, 3.63) is 58.7 Å². The van der Waals surface area contributed by atoms with Gasteiger partial charge in [0.05, 0.1) is 5.88 Å². The van der Waals surface area contributed by atoms with Crippen LogP contribution in [0.25, 0.3) is 0 Å². The summed E-state index contributed by atoms with van der Waals surface area (Å²) in [6.07, 6.45) is 0.783. The number of carbonyl (C=O) groups is 1. The smallest absolute Gasteiger partial charge is 0.179 e. The van der Waals surface area contributed by atoms with Gasteiger partial charge in [0.15, 0.2) is 5.78 Å². The number of rotatable bonds is 5. The molecule has 1 aromatic carbocycles. The molecular formula is C17H19ClFNO. The van der Waals surface area contributed by atoms with Crippen LogP contribution < -0.4 is 0 Å². The van der Waals surface area contributed by atoms with Crippen LogP contribution in [0.4, 0.5) is 4.39 Å². The van der Waals surface area contributed by atoms with Gasteiger partial charge in [-0.05, 0) is 51.0 Å². The second-order valence-electron chi connectivity index (χ2n) is 5.39. The largest absolute Gasteiger partial charge is 0.345 e. The maximum absolute atomic E-state index is 13.0. The Morgan fingerprint density at radius 2 is 1.90 bits per heavy atom. The Hall–Kier alpha value is -1.61. The van der Waals surface area contributed by atoms with Gasteiger partial charge < -0.3 is 4.57 Å². The van der Waals surface area contributed by atoms with Gasteiger partial charge in [-0.15, -0.1) is 11.6 Å². The Labute approximate surface area is 129 Å². The Morgan fingerprint density at radius 1 is 1.29 bits per heavy atom. The third-order valence-corrected chi connectivity index (χ3v) is 4.03. The van der Waals surface area contributed by atoms with Crippen molar-refractivity contribution in [3.8, 4) is 0 Å². The minimum atomic E-state index is -0.227. The van der Waals surface area contributed by atoms with Crippen molar-refractivity contribution in [3.63, 3.8) is 0 Å². The molecule has 1 atom stereocenters. The summed E-state index contributed by atoms with van der Waals surface area (Å²) in [7, 11) is 0. The van der Waals surface area contributed by atoms with Gasteiger partial charge in [-0.2, -0.15) is 0 Å². The summed E-state index contributed by atoms with van der Waals surface area (Å²) >= 11 is 5.65. The normalized spacial score (nSPS) is 12.4. The number of halogens is 2. The number of alkyl halides is 1. The first-order valence-electron chi connectivity index (χ1n) is 6.96. The molecule has 2 aromatic rings. The number of nitrogens with zero attached hydrogens (tertiary/aromatic N) is 1. The van der Waals surface area contributed by atoms with E-state index in [1.807, 2.05) is 19.9 Å². The van der Waals surface area contributed by atoms with E-state index in [-0.39, 0.29) is 23.5 Å². The Balaban J connectivity index is 2.27. The number of hydrogen-bond donors (Lipinski definition) is 0. The van der Waals surface area contributed by atoms with Crippen LogP contribution in [-0.4, -0.2) is 16.2 Å². The van der Waals surface area contributed by atoms with E-state index < -0.39 is 0 Å². The summed E-state index contributed by atoms with van der Waals surface area (Å²) in [6, 6.07) is 8.61. The lowest BCUT2D eigenvalue weighted by Crippen LogP contribution is -2.12. The molecule has 0 saturated heterocycles. The molecule has 2 rings (SSSR count). The van der Waals surface area contributed by atoms with Crippen molar-refractivity contribution >= 4 is 17.4 Å². The second kappa shape index (κ2) is 6.44. The zero-order valence-corrected chi connectivity index (χ0v) is 13.2. The van der Waals surface area contributed by atoms with Crippen molar-refractivity contribution in [2.24, 2.45) is 0 Å². The average molecular weight is 308 g/mol. The summed E-state index contributed by atoms with van der Waals surface area (Å²) in [4.78, 5) is 11.8. The van der Waals surface area contributed by atoms with E-state index in [1.165, 1.54) is 12.1 Å². The van der Waals surface area contributed by atoms with E-state index in [9.17, 15) is 9.18 Å². The van der Waals surface area contributed by atoms with Gasteiger partial charge in [0.1, 0.15) is 5.82 Å². The number of carbonyl (C=O) groups excluding carboxylic acids is 1. The molecule has 21 heavy (non-hydrogen) atoms. The van der Waals surface area contributed by atoms with Gasteiger partial charge in [-0.1, -0.05) is 12.1 Å². The lowest BCUT2D eigenvalue weighted by molar-refractivity contribution is 0.102. The number of Topliss-reactive ketones (excluding diaryl/α,β-unsaturated/α-hetero) is 1. The number of aromatic nitrogens is 1. The fourth-order valence-corrected chi connectivity index (χ4v) is 3.01. The lowest BCUT2D eigenvalue weighted by atomic mass is 10.1. The maximum atomic E-state index is 13.0. The van der Waals surface area contributed by atoms with E-state index in [4.69, 9.17) is 11.6 Å². The molecule has 0 aliphatic heterocycles. The van der Waals surface area contributed by atoms with Crippen molar-refractivity contribution in [1.29, 1.82) is 0 Å². The Kier molecular flexibility index (Phi) is 4.84. The van der Waals surface area contributed by atoms with E-state index in [2.05, 4.69) is 11.5 Å². The first-order chi connectivity index (χ1) is 9.93. The molecule has 0 spiro atoms. The highest BCUT2D eigenvalue weighted by molar-refractivity contribution is 6.30. The van der Waals surface area contributed by atoms with E-state index in [0.717, 1.165) is 23.4 Å². The van der Waals surface area contributed by atoms with E-state index in [0.29, 0.717) is 5.56 Å².